The first kappa shape index (κ1) is 11.3. The summed E-state index contributed by atoms with van der Waals surface area (Å²) in [5, 5.41) is 14.8. The van der Waals surface area contributed by atoms with Gasteiger partial charge in [-0.2, -0.15) is 0 Å². The van der Waals surface area contributed by atoms with Gasteiger partial charge in [0.05, 0.1) is 17.4 Å². The third-order valence-electron chi connectivity index (χ3n) is 2.87. The van der Waals surface area contributed by atoms with E-state index in [0.29, 0.717) is 6.54 Å². The van der Waals surface area contributed by atoms with Gasteiger partial charge in [0, 0.05) is 4.47 Å². The molecule has 3 nitrogen and oxygen atoms in total. The molecule has 1 aromatic heterocycles. The first-order valence-electron chi connectivity index (χ1n) is 5.63. The van der Waals surface area contributed by atoms with Crippen LogP contribution in [0.4, 0.5) is 0 Å². The van der Waals surface area contributed by atoms with Gasteiger partial charge in [-0.3, -0.25) is 4.68 Å². The zero-order valence-corrected chi connectivity index (χ0v) is 11.1. The van der Waals surface area contributed by atoms with Crippen LogP contribution >= 0.6 is 15.9 Å². The lowest BCUT2D eigenvalue weighted by atomic mass is 10.2. The minimum absolute atomic E-state index is 0.0715. The van der Waals surface area contributed by atoms with Crippen molar-refractivity contribution in [3.05, 3.63) is 58.6 Å². The molecule has 4 heteroatoms. The topological polar surface area (TPSA) is 38.1 Å². The number of rotatable bonds is 2. The maximum atomic E-state index is 9.84. The number of aromatic nitrogens is 2. The number of hydrogen-bond donors (Lipinski definition) is 1. The van der Waals surface area contributed by atoms with Crippen LogP contribution in [-0.2, 0) is 6.54 Å². The van der Waals surface area contributed by atoms with E-state index in [1.807, 2.05) is 53.2 Å². The van der Waals surface area contributed by atoms with E-state index in [1.165, 1.54) is 0 Å². The monoisotopic (exact) mass is 302 g/mol. The molecule has 0 saturated heterocycles. The third-order valence-corrected chi connectivity index (χ3v) is 3.36. The Morgan fingerprint density at radius 1 is 1.11 bits per heavy atom. The summed E-state index contributed by atoms with van der Waals surface area (Å²) in [5.74, 6) is 0.0715. The predicted molar refractivity (Wildman–Crippen MR) is 74.6 cm³/mol. The van der Waals surface area contributed by atoms with Crippen molar-refractivity contribution >= 4 is 26.8 Å². The first-order chi connectivity index (χ1) is 8.74. The summed E-state index contributed by atoms with van der Waals surface area (Å²) < 4.78 is 2.75. The first-order valence-corrected chi connectivity index (χ1v) is 6.42. The van der Waals surface area contributed by atoms with E-state index in [-0.39, 0.29) is 5.88 Å². The molecule has 0 bridgehead atoms. The Kier molecular flexibility index (Phi) is 2.80. The minimum Gasteiger partial charge on any atom is -0.492 e. The molecule has 2 aromatic carbocycles. The molecule has 0 saturated carbocycles. The van der Waals surface area contributed by atoms with Crippen molar-refractivity contribution in [2.75, 3.05) is 0 Å². The van der Waals surface area contributed by atoms with Gasteiger partial charge in [-0.05, 0) is 23.8 Å². The van der Waals surface area contributed by atoms with E-state index in [0.717, 1.165) is 20.9 Å². The van der Waals surface area contributed by atoms with E-state index >= 15 is 0 Å². The van der Waals surface area contributed by atoms with Crippen LogP contribution in [0.25, 0.3) is 10.9 Å². The maximum Gasteiger partial charge on any atom is 0.238 e. The molecule has 0 aliphatic rings. The van der Waals surface area contributed by atoms with Gasteiger partial charge in [-0.1, -0.05) is 46.3 Å². The fourth-order valence-corrected chi connectivity index (χ4v) is 2.37. The number of hydrogen-bond acceptors (Lipinski definition) is 2. The van der Waals surface area contributed by atoms with Crippen LogP contribution in [0.1, 0.15) is 5.56 Å². The average Bonchev–Trinajstić information content (AvgIpc) is 2.67. The predicted octanol–water partition coefficient (Wildman–Crippen LogP) is 3.55. The second-order valence-electron chi connectivity index (χ2n) is 4.13. The molecule has 0 fully saturated rings. The normalized spacial score (nSPS) is 10.9. The number of nitrogens with zero attached hydrogens (tertiary/aromatic N) is 2. The molecule has 1 heterocycles. The molecular weight excluding hydrogens is 292 g/mol. The van der Waals surface area contributed by atoms with Crippen molar-refractivity contribution < 1.29 is 5.11 Å². The van der Waals surface area contributed by atoms with Gasteiger partial charge >= 0.3 is 0 Å². The Balaban J connectivity index is 2.08. The largest absolute Gasteiger partial charge is 0.492 e. The molecule has 3 aromatic rings. The highest BCUT2D eigenvalue weighted by Gasteiger charge is 2.09. The molecule has 0 atom stereocenters. The summed E-state index contributed by atoms with van der Waals surface area (Å²) in [6.45, 7) is 0.652. The molecular formula is C14H11BrN2O. The summed E-state index contributed by atoms with van der Waals surface area (Å²) in [6.07, 6.45) is 0. The van der Waals surface area contributed by atoms with Crippen LogP contribution < -0.4 is 0 Å². The Morgan fingerprint density at radius 3 is 2.67 bits per heavy atom. The Bertz CT molecular complexity index is 692. The van der Waals surface area contributed by atoms with Crippen LogP contribution in [0.5, 0.6) is 5.88 Å². The van der Waals surface area contributed by atoms with Gasteiger partial charge in [-0.15, -0.1) is 5.10 Å². The van der Waals surface area contributed by atoms with E-state index < -0.39 is 0 Å². The zero-order chi connectivity index (χ0) is 12.5. The Morgan fingerprint density at radius 2 is 1.89 bits per heavy atom. The van der Waals surface area contributed by atoms with Crippen molar-refractivity contribution in [1.82, 2.24) is 9.78 Å². The van der Waals surface area contributed by atoms with Crippen LogP contribution in [0.15, 0.2) is 53.0 Å². The second-order valence-corrected chi connectivity index (χ2v) is 5.04. The standard InChI is InChI=1S/C14H11BrN2O/c15-11-6-7-13-12(8-11)14(18)16-17(13)9-10-4-2-1-3-5-10/h1-8H,9H2,(H,16,18). The highest BCUT2D eigenvalue weighted by Crippen LogP contribution is 2.27. The minimum atomic E-state index is 0.0715. The fraction of sp³-hybridized carbons (Fsp3) is 0.0714. The van der Waals surface area contributed by atoms with Gasteiger partial charge < -0.3 is 5.11 Å². The number of halogens is 1. The lowest BCUT2D eigenvalue weighted by molar-refractivity contribution is 0.446. The lowest BCUT2D eigenvalue weighted by Gasteiger charge is -2.03. The molecule has 0 aliphatic carbocycles. The van der Waals surface area contributed by atoms with Crippen LogP contribution in [0, 0.1) is 0 Å². The van der Waals surface area contributed by atoms with Gasteiger partial charge in [0.15, 0.2) is 0 Å². The summed E-state index contributed by atoms with van der Waals surface area (Å²) in [4.78, 5) is 0. The smallest absolute Gasteiger partial charge is 0.238 e. The quantitative estimate of drug-likeness (QED) is 0.786. The summed E-state index contributed by atoms with van der Waals surface area (Å²) in [5.41, 5.74) is 2.09. The second kappa shape index (κ2) is 4.46. The van der Waals surface area contributed by atoms with Crippen LogP contribution in [0.3, 0.4) is 0 Å². The molecule has 1 N–H and O–H groups in total. The van der Waals surface area contributed by atoms with Crippen LogP contribution in [-0.4, -0.2) is 14.9 Å². The molecule has 0 amide bonds. The number of fused-ring (bicyclic) bond motifs is 1. The Labute approximate surface area is 113 Å². The van der Waals surface area contributed by atoms with E-state index in [2.05, 4.69) is 21.0 Å². The molecule has 0 aliphatic heterocycles. The molecule has 0 radical (unpaired) electrons. The van der Waals surface area contributed by atoms with Crippen molar-refractivity contribution in [2.45, 2.75) is 6.54 Å². The third kappa shape index (κ3) is 1.99. The number of aromatic hydroxyl groups is 1. The molecule has 0 spiro atoms. The Hall–Kier alpha value is -1.81. The van der Waals surface area contributed by atoms with Crippen molar-refractivity contribution in [3.8, 4) is 5.88 Å². The lowest BCUT2D eigenvalue weighted by Crippen LogP contribution is -2.00. The highest BCUT2D eigenvalue weighted by molar-refractivity contribution is 9.10. The van der Waals surface area contributed by atoms with E-state index in [1.54, 1.807) is 0 Å². The SMILES string of the molecule is Oc1nn(Cc2ccccc2)c2ccc(Br)cc12. The van der Waals surface area contributed by atoms with E-state index in [9.17, 15) is 5.11 Å². The van der Waals surface area contributed by atoms with Crippen molar-refractivity contribution in [3.63, 3.8) is 0 Å². The van der Waals surface area contributed by atoms with Crippen molar-refractivity contribution in [1.29, 1.82) is 0 Å². The summed E-state index contributed by atoms with van der Waals surface area (Å²) >= 11 is 3.39. The summed E-state index contributed by atoms with van der Waals surface area (Å²) in [6, 6.07) is 15.8. The van der Waals surface area contributed by atoms with Gasteiger partial charge in [0.2, 0.25) is 5.88 Å². The van der Waals surface area contributed by atoms with Gasteiger partial charge in [0.25, 0.3) is 0 Å². The van der Waals surface area contributed by atoms with Gasteiger partial charge in [-0.25, -0.2) is 0 Å². The molecule has 90 valence electrons. The molecule has 18 heavy (non-hydrogen) atoms. The average molecular weight is 303 g/mol. The van der Waals surface area contributed by atoms with Gasteiger partial charge in [0.1, 0.15) is 0 Å². The summed E-state index contributed by atoms with van der Waals surface area (Å²) in [7, 11) is 0. The molecule has 0 unspecified atom stereocenters. The molecule has 3 rings (SSSR count). The highest BCUT2D eigenvalue weighted by atomic mass is 79.9. The van der Waals surface area contributed by atoms with Crippen molar-refractivity contribution in [2.24, 2.45) is 0 Å². The fourth-order valence-electron chi connectivity index (χ4n) is 2.01. The van der Waals surface area contributed by atoms with Crippen LogP contribution in [0.2, 0.25) is 0 Å². The van der Waals surface area contributed by atoms with E-state index in [4.69, 9.17) is 0 Å². The zero-order valence-electron chi connectivity index (χ0n) is 9.55. The number of benzene rings is 2. The maximum absolute atomic E-state index is 9.84.